The summed E-state index contributed by atoms with van der Waals surface area (Å²) >= 11 is 0. The fourth-order valence-electron chi connectivity index (χ4n) is 1.96. The van der Waals surface area contributed by atoms with Gasteiger partial charge in [0.25, 0.3) is 0 Å². The van der Waals surface area contributed by atoms with Gasteiger partial charge in [0.05, 0.1) is 5.69 Å². The average molecular weight is 206 g/mol. The smallest absolute Gasteiger partial charge is 0.125 e. The van der Waals surface area contributed by atoms with E-state index in [1.165, 1.54) is 17.0 Å². The van der Waals surface area contributed by atoms with Gasteiger partial charge in [-0.25, -0.2) is 9.97 Å². The minimum Gasteiger partial charge on any atom is -0.238 e. The molecule has 0 aliphatic carbocycles. The molecular formula is C13H22N2. The molecule has 0 aliphatic rings. The Hall–Kier alpha value is -0.920. The maximum atomic E-state index is 4.61. The highest BCUT2D eigenvalue weighted by Crippen LogP contribution is 2.23. The molecule has 0 aromatic carbocycles. The van der Waals surface area contributed by atoms with Gasteiger partial charge < -0.3 is 0 Å². The molecule has 1 rings (SSSR count). The maximum Gasteiger partial charge on any atom is 0.125 e. The van der Waals surface area contributed by atoms with E-state index in [-0.39, 0.29) is 0 Å². The number of hydrogen-bond acceptors (Lipinski definition) is 2. The monoisotopic (exact) mass is 206 g/mol. The third-order valence-corrected chi connectivity index (χ3v) is 3.00. The molecule has 1 atom stereocenters. The molecule has 0 saturated heterocycles. The molecule has 1 heterocycles. The second kappa shape index (κ2) is 5.24. The van der Waals surface area contributed by atoms with Gasteiger partial charge in [-0.05, 0) is 37.7 Å². The summed E-state index contributed by atoms with van der Waals surface area (Å²) in [6.07, 6.45) is 3.20. The van der Waals surface area contributed by atoms with Crippen LogP contribution >= 0.6 is 0 Å². The van der Waals surface area contributed by atoms with E-state index in [9.17, 15) is 0 Å². The van der Waals surface area contributed by atoms with E-state index in [4.69, 9.17) is 0 Å². The van der Waals surface area contributed by atoms with Crippen molar-refractivity contribution in [2.75, 3.05) is 0 Å². The standard InChI is InChI=1S/C13H22N2/c1-6-9(4)13-11(7-2)12(8-3)14-10(5)15-13/h9H,6-8H2,1-5H3. The largest absolute Gasteiger partial charge is 0.238 e. The summed E-state index contributed by atoms with van der Waals surface area (Å²) in [6.45, 7) is 10.8. The molecule has 2 nitrogen and oxygen atoms in total. The molecule has 0 spiro atoms. The topological polar surface area (TPSA) is 25.8 Å². The van der Waals surface area contributed by atoms with Gasteiger partial charge in [0.15, 0.2) is 0 Å². The van der Waals surface area contributed by atoms with Crippen molar-refractivity contribution in [1.82, 2.24) is 9.97 Å². The van der Waals surface area contributed by atoms with E-state index >= 15 is 0 Å². The van der Waals surface area contributed by atoms with Crippen molar-refractivity contribution in [2.24, 2.45) is 0 Å². The van der Waals surface area contributed by atoms with E-state index in [1.807, 2.05) is 6.92 Å². The highest BCUT2D eigenvalue weighted by Gasteiger charge is 2.14. The number of hydrogen-bond donors (Lipinski definition) is 0. The molecular weight excluding hydrogens is 184 g/mol. The Balaban J connectivity index is 3.28. The van der Waals surface area contributed by atoms with Gasteiger partial charge in [0.1, 0.15) is 5.82 Å². The van der Waals surface area contributed by atoms with Gasteiger partial charge in [-0.2, -0.15) is 0 Å². The van der Waals surface area contributed by atoms with Crippen molar-refractivity contribution in [3.05, 3.63) is 22.8 Å². The summed E-state index contributed by atoms with van der Waals surface area (Å²) < 4.78 is 0. The molecule has 1 aromatic rings. The summed E-state index contributed by atoms with van der Waals surface area (Å²) in [4.78, 5) is 9.14. The van der Waals surface area contributed by atoms with Crippen LogP contribution in [0.15, 0.2) is 0 Å². The van der Waals surface area contributed by atoms with Crippen LogP contribution in [0.5, 0.6) is 0 Å². The molecule has 1 unspecified atom stereocenters. The first-order chi connectivity index (χ1) is 7.13. The van der Waals surface area contributed by atoms with Gasteiger partial charge in [-0.1, -0.05) is 27.7 Å². The zero-order valence-electron chi connectivity index (χ0n) is 10.6. The van der Waals surface area contributed by atoms with E-state index in [2.05, 4.69) is 37.7 Å². The molecule has 0 aliphatic heterocycles. The molecule has 1 aromatic heterocycles. The van der Waals surface area contributed by atoms with Gasteiger partial charge in [0, 0.05) is 5.69 Å². The Morgan fingerprint density at radius 3 is 2.20 bits per heavy atom. The molecule has 15 heavy (non-hydrogen) atoms. The van der Waals surface area contributed by atoms with Crippen molar-refractivity contribution in [3.8, 4) is 0 Å². The molecule has 84 valence electrons. The lowest BCUT2D eigenvalue weighted by molar-refractivity contribution is 0.679. The van der Waals surface area contributed by atoms with Crippen LogP contribution in [-0.4, -0.2) is 9.97 Å². The lowest BCUT2D eigenvalue weighted by atomic mass is 9.96. The van der Waals surface area contributed by atoms with Crippen LogP contribution in [-0.2, 0) is 12.8 Å². The van der Waals surface area contributed by atoms with Gasteiger partial charge in [0.2, 0.25) is 0 Å². The summed E-state index contributed by atoms with van der Waals surface area (Å²) in [6, 6.07) is 0. The van der Waals surface area contributed by atoms with Crippen LogP contribution in [0.4, 0.5) is 0 Å². The number of rotatable bonds is 4. The molecule has 0 saturated carbocycles. The van der Waals surface area contributed by atoms with Crippen molar-refractivity contribution < 1.29 is 0 Å². The molecule has 0 N–H and O–H groups in total. The maximum absolute atomic E-state index is 4.61. The molecule has 0 fully saturated rings. The highest BCUT2D eigenvalue weighted by molar-refractivity contribution is 5.28. The minimum atomic E-state index is 0.548. The zero-order valence-corrected chi connectivity index (χ0v) is 10.6. The molecule has 2 heteroatoms. The molecule has 0 amide bonds. The van der Waals surface area contributed by atoms with E-state index in [0.717, 1.165) is 25.1 Å². The third kappa shape index (κ3) is 2.55. The molecule has 0 radical (unpaired) electrons. The van der Waals surface area contributed by atoms with E-state index in [1.54, 1.807) is 0 Å². The Kier molecular flexibility index (Phi) is 4.25. The Morgan fingerprint density at radius 2 is 1.73 bits per heavy atom. The van der Waals surface area contributed by atoms with Crippen LogP contribution in [0, 0.1) is 6.92 Å². The average Bonchev–Trinajstić information content (AvgIpc) is 2.26. The quantitative estimate of drug-likeness (QED) is 0.754. The minimum absolute atomic E-state index is 0.548. The van der Waals surface area contributed by atoms with Crippen molar-refractivity contribution >= 4 is 0 Å². The third-order valence-electron chi connectivity index (χ3n) is 3.00. The van der Waals surface area contributed by atoms with Crippen molar-refractivity contribution in [3.63, 3.8) is 0 Å². The first kappa shape index (κ1) is 12.2. The van der Waals surface area contributed by atoms with Crippen LogP contribution in [0.3, 0.4) is 0 Å². The molecule has 0 bridgehead atoms. The first-order valence-corrected chi connectivity index (χ1v) is 6.00. The lowest BCUT2D eigenvalue weighted by Gasteiger charge is -2.16. The summed E-state index contributed by atoms with van der Waals surface area (Å²) in [7, 11) is 0. The highest BCUT2D eigenvalue weighted by atomic mass is 14.9. The van der Waals surface area contributed by atoms with Crippen LogP contribution < -0.4 is 0 Å². The fraction of sp³-hybridized carbons (Fsp3) is 0.692. The predicted octanol–water partition coefficient (Wildman–Crippen LogP) is 3.42. The second-order valence-corrected chi connectivity index (χ2v) is 4.10. The van der Waals surface area contributed by atoms with Gasteiger partial charge >= 0.3 is 0 Å². The predicted molar refractivity (Wildman–Crippen MR) is 64.2 cm³/mol. The Morgan fingerprint density at radius 1 is 1.07 bits per heavy atom. The Bertz CT molecular complexity index is 332. The first-order valence-electron chi connectivity index (χ1n) is 6.00. The second-order valence-electron chi connectivity index (χ2n) is 4.10. The van der Waals surface area contributed by atoms with Crippen LogP contribution in [0.2, 0.25) is 0 Å². The number of aromatic nitrogens is 2. The number of aryl methyl sites for hydroxylation is 2. The fourth-order valence-corrected chi connectivity index (χ4v) is 1.96. The van der Waals surface area contributed by atoms with E-state index in [0.29, 0.717) is 5.92 Å². The van der Waals surface area contributed by atoms with Crippen molar-refractivity contribution in [2.45, 2.75) is 59.8 Å². The lowest BCUT2D eigenvalue weighted by Crippen LogP contribution is -2.09. The Labute approximate surface area is 93.2 Å². The van der Waals surface area contributed by atoms with Crippen LogP contribution in [0.1, 0.15) is 62.8 Å². The van der Waals surface area contributed by atoms with Gasteiger partial charge in [-0.15, -0.1) is 0 Å². The number of nitrogens with zero attached hydrogens (tertiary/aromatic N) is 2. The summed E-state index contributed by atoms with van der Waals surface area (Å²) in [5.41, 5.74) is 3.88. The summed E-state index contributed by atoms with van der Waals surface area (Å²) in [5, 5.41) is 0. The van der Waals surface area contributed by atoms with E-state index < -0.39 is 0 Å². The van der Waals surface area contributed by atoms with Gasteiger partial charge in [-0.3, -0.25) is 0 Å². The summed E-state index contributed by atoms with van der Waals surface area (Å²) in [5.74, 6) is 1.46. The zero-order chi connectivity index (χ0) is 11.4. The van der Waals surface area contributed by atoms with Crippen LogP contribution in [0.25, 0.3) is 0 Å². The SMILES string of the molecule is CCc1nc(C)nc(C(C)CC)c1CC. The normalized spacial score (nSPS) is 12.9. The van der Waals surface area contributed by atoms with Crippen molar-refractivity contribution in [1.29, 1.82) is 0 Å².